The van der Waals surface area contributed by atoms with Crippen LogP contribution in [0.25, 0.3) is 49.9 Å². The molecule has 6 rings (SSSR count). The quantitative estimate of drug-likeness (QED) is 0.232. The van der Waals surface area contributed by atoms with Gasteiger partial charge in [-0.05, 0) is 104 Å². The molecule has 0 aliphatic carbocycles. The summed E-state index contributed by atoms with van der Waals surface area (Å²) in [6.07, 6.45) is 2.00. The highest BCUT2D eigenvalue weighted by molar-refractivity contribution is 6.12. The molecule has 1 N–H and O–H groups in total. The Morgan fingerprint density at radius 2 is 1.23 bits per heavy atom. The lowest BCUT2D eigenvalue weighted by atomic mass is 9.82. The van der Waals surface area contributed by atoms with Crippen LogP contribution in [-0.4, -0.2) is 21.9 Å². The fourth-order valence-corrected chi connectivity index (χ4v) is 5.37. The van der Waals surface area contributed by atoms with Crippen LogP contribution >= 0.6 is 0 Å². The van der Waals surface area contributed by atoms with Crippen LogP contribution in [0.15, 0.2) is 91.1 Å². The third kappa shape index (κ3) is 4.68. The van der Waals surface area contributed by atoms with Crippen molar-refractivity contribution in [3.05, 3.63) is 102 Å². The molecular formula is C36H37N3O. The minimum atomic E-state index is 0.0584. The number of ether oxygens (including phenoxy) is 1. The van der Waals surface area contributed by atoms with Crippen LogP contribution in [0.1, 0.15) is 52.7 Å². The van der Waals surface area contributed by atoms with Gasteiger partial charge in [-0.25, -0.2) is 4.68 Å². The second-order valence-corrected chi connectivity index (χ2v) is 12.8. The van der Waals surface area contributed by atoms with E-state index >= 15 is 0 Å². The maximum atomic E-state index is 5.30. The van der Waals surface area contributed by atoms with Gasteiger partial charge in [0, 0.05) is 17.5 Å². The van der Waals surface area contributed by atoms with E-state index in [2.05, 4.69) is 107 Å². The number of aromatic nitrogens is 3. The van der Waals surface area contributed by atoms with Gasteiger partial charge in [-0.2, -0.15) is 5.10 Å². The van der Waals surface area contributed by atoms with Crippen molar-refractivity contribution in [3.63, 3.8) is 0 Å². The molecule has 0 amide bonds. The maximum Gasteiger partial charge on any atom is 0.119 e. The van der Waals surface area contributed by atoms with Crippen molar-refractivity contribution in [2.24, 2.45) is 0 Å². The van der Waals surface area contributed by atoms with E-state index in [0.29, 0.717) is 0 Å². The molecule has 0 atom stereocenters. The summed E-state index contributed by atoms with van der Waals surface area (Å²) in [6, 6.07) is 30.5. The lowest BCUT2D eigenvalue weighted by Crippen LogP contribution is -2.11. The lowest BCUT2D eigenvalue weighted by molar-refractivity contribution is 0.414. The van der Waals surface area contributed by atoms with Gasteiger partial charge in [-0.3, -0.25) is 0 Å². The number of hydrogen-bond acceptors (Lipinski definition) is 2. The van der Waals surface area contributed by atoms with E-state index in [1.807, 2.05) is 35.1 Å². The Bertz CT molecular complexity index is 1770. The molecule has 6 aromatic rings. The van der Waals surface area contributed by atoms with Crippen molar-refractivity contribution >= 4 is 21.5 Å². The molecule has 0 radical (unpaired) electrons. The van der Waals surface area contributed by atoms with Gasteiger partial charge in [-0.15, -0.1) is 0 Å². The first-order valence-electron chi connectivity index (χ1n) is 13.9. The van der Waals surface area contributed by atoms with Crippen molar-refractivity contribution in [1.82, 2.24) is 14.8 Å². The van der Waals surface area contributed by atoms with E-state index < -0.39 is 0 Å². The molecule has 4 heteroatoms. The second kappa shape index (κ2) is 9.41. The minimum Gasteiger partial charge on any atom is -0.497 e. The van der Waals surface area contributed by atoms with E-state index in [4.69, 9.17) is 9.84 Å². The molecule has 4 aromatic carbocycles. The summed E-state index contributed by atoms with van der Waals surface area (Å²) in [5.74, 6) is 0.830. The summed E-state index contributed by atoms with van der Waals surface area (Å²) >= 11 is 0. The highest BCUT2D eigenvalue weighted by Gasteiger charge is 2.20. The van der Waals surface area contributed by atoms with Gasteiger partial charge in [0.1, 0.15) is 11.4 Å². The Hall–Kier alpha value is -4.31. The zero-order valence-corrected chi connectivity index (χ0v) is 24.5. The van der Waals surface area contributed by atoms with Gasteiger partial charge in [0.25, 0.3) is 0 Å². The normalized spacial score (nSPS) is 12.4. The monoisotopic (exact) mass is 527 g/mol. The van der Waals surface area contributed by atoms with Crippen LogP contribution in [0, 0.1) is 0 Å². The molecule has 0 saturated heterocycles. The molecule has 0 aliphatic heterocycles. The zero-order chi connectivity index (χ0) is 28.2. The summed E-state index contributed by atoms with van der Waals surface area (Å²) in [4.78, 5) is 3.73. The number of hydrogen-bond donors (Lipinski definition) is 1. The van der Waals surface area contributed by atoms with E-state index in [-0.39, 0.29) is 10.8 Å². The molecule has 0 unspecified atom stereocenters. The Morgan fingerprint density at radius 1 is 0.650 bits per heavy atom. The molecule has 2 heterocycles. The number of H-pyrrole nitrogens is 1. The second-order valence-electron chi connectivity index (χ2n) is 12.8. The average Bonchev–Trinajstić information content (AvgIpc) is 3.60. The number of nitrogens with one attached hydrogen (secondary N) is 1. The Morgan fingerprint density at radius 3 is 1.77 bits per heavy atom. The van der Waals surface area contributed by atoms with Crippen LogP contribution in [0.2, 0.25) is 0 Å². The van der Waals surface area contributed by atoms with Gasteiger partial charge in [0.05, 0.1) is 18.5 Å². The molecule has 0 bridgehead atoms. The molecule has 0 aliphatic rings. The fourth-order valence-electron chi connectivity index (χ4n) is 5.37. The summed E-state index contributed by atoms with van der Waals surface area (Å²) in [6.45, 7) is 13.7. The number of methoxy groups -OCH3 is 1. The van der Waals surface area contributed by atoms with Crippen molar-refractivity contribution in [3.8, 4) is 34.1 Å². The maximum absolute atomic E-state index is 5.30. The topological polar surface area (TPSA) is 42.8 Å². The Labute approximate surface area is 236 Å². The molecule has 0 saturated carbocycles. The molecule has 40 heavy (non-hydrogen) atoms. The summed E-state index contributed by atoms with van der Waals surface area (Å²) in [5, 5.41) is 9.91. The molecule has 4 nitrogen and oxygen atoms in total. The first-order valence-corrected chi connectivity index (χ1v) is 13.9. The van der Waals surface area contributed by atoms with E-state index in [1.165, 1.54) is 38.2 Å². The highest BCUT2D eigenvalue weighted by atomic mass is 16.5. The SMILES string of the molecule is COc1ccc(-n2ccc(-c3ccc(-c4c5cc(C(C)(C)C)ccc5cc5ccc(C(C)(C)C)cc45)[nH]3)n2)cc1. The molecular weight excluding hydrogens is 490 g/mol. The van der Waals surface area contributed by atoms with Gasteiger partial charge in [-0.1, -0.05) is 65.8 Å². The minimum absolute atomic E-state index is 0.0584. The van der Waals surface area contributed by atoms with Gasteiger partial charge < -0.3 is 9.72 Å². The predicted octanol–water partition coefficient (Wildman–Crippen LogP) is 9.44. The Kier molecular flexibility index (Phi) is 6.10. The van der Waals surface area contributed by atoms with Crippen molar-refractivity contribution in [2.45, 2.75) is 52.4 Å². The van der Waals surface area contributed by atoms with Crippen LogP contribution in [0.4, 0.5) is 0 Å². The molecule has 0 spiro atoms. The highest BCUT2D eigenvalue weighted by Crippen LogP contribution is 2.40. The molecule has 2 aromatic heterocycles. The average molecular weight is 528 g/mol. The van der Waals surface area contributed by atoms with Crippen molar-refractivity contribution < 1.29 is 4.74 Å². The third-order valence-corrected chi connectivity index (χ3v) is 7.85. The number of fused-ring (bicyclic) bond motifs is 2. The summed E-state index contributed by atoms with van der Waals surface area (Å²) in [7, 11) is 1.68. The number of aromatic amines is 1. The fraction of sp³-hybridized carbons (Fsp3) is 0.250. The van der Waals surface area contributed by atoms with Crippen molar-refractivity contribution in [1.29, 1.82) is 0 Å². The predicted molar refractivity (Wildman–Crippen MR) is 168 cm³/mol. The molecule has 0 fully saturated rings. The van der Waals surface area contributed by atoms with E-state index in [0.717, 1.165) is 28.5 Å². The zero-order valence-electron chi connectivity index (χ0n) is 24.5. The first kappa shape index (κ1) is 25.9. The third-order valence-electron chi connectivity index (χ3n) is 7.85. The number of benzene rings is 4. The largest absolute Gasteiger partial charge is 0.497 e. The van der Waals surface area contributed by atoms with Crippen molar-refractivity contribution in [2.75, 3.05) is 7.11 Å². The van der Waals surface area contributed by atoms with Crippen LogP contribution in [-0.2, 0) is 10.8 Å². The number of rotatable bonds is 4. The van der Waals surface area contributed by atoms with Crippen LogP contribution in [0.5, 0.6) is 5.75 Å². The van der Waals surface area contributed by atoms with Gasteiger partial charge in [0.15, 0.2) is 0 Å². The lowest BCUT2D eigenvalue weighted by Gasteiger charge is -2.22. The summed E-state index contributed by atoms with van der Waals surface area (Å²) < 4.78 is 7.20. The van der Waals surface area contributed by atoms with E-state index in [9.17, 15) is 0 Å². The number of nitrogens with zero attached hydrogens (tertiary/aromatic N) is 2. The first-order chi connectivity index (χ1) is 19.0. The van der Waals surface area contributed by atoms with Crippen LogP contribution < -0.4 is 4.74 Å². The smallest absolute Gasteiger partial charge is 0.119 e. The summed E-state index contributed by atoms with van der Waals surface area (Å²) in [5.41, 5.74) is 8.00. The van der Waals surface area contributed by atoms with Crippen LogP contribution in [0.3, 0.4) is 0 Å². The Balaban J connectivity index is 1.52. The van der Waals surface area contributed by atoms with E-state index in [1.54, 1.807) is 7.11 Å². The molecule has 202 valence electrons. The van der Waals surface area contributed by atoms with Gasteiger partial charge in [0.2, 0.25) is 0 Å². The van der Waals surface area contributed by atoms with Gasteiger partial charge >= 0.3 is 0 Å². The standard InChI is InChI=1S/C36H37N3O/c1-35(2,3)25-10-8-23-20-24-9-11-26(36(4,5)6)22-30(24)34(29(23)21-25)33-17-16-31(37-33)32-18-19-39(38-32)27-12-14-28(40-7)15-13-27/h8-22,37H,1-7H3.